The number of nitrogens with one attached hydrogen (secondary N) is 2. The smallest absolute Gasteiger partial charge is 0.273 e. The molecule has 0 fully saturated rings. The van der Waals surface area contributed by atoms with E-state index < -0.39 is 0 Å². The summed E-state index contributed by atoms with van der Waals surface area (Å²) in [6, 6.07) is 20.9. The average molecular weight is 372 g/mol. The molecule has 140 valence electrons. The molecule has 0 radical (unpaired) electrons. The number of hydrogen-bond acceptors (Lipinski definition) is 4. The van der Waals surface area contributed by atoms with Gasteiger partial charge in [-0.05, 0) is 29.8 Å². The zero-order valence-electron chi connectivity index (χ0n) is 15.3. The summed E-state index contributed by atoms with van der Waals surface area (Å²) in [5.41, 5.74) is 2.72. The van der Waals surface area contributed by atoms with Crippen LogP contribution in [0.15, 0.2) is 82.5 Å². The first-order valence-electron chi connectivity index (χ1n) is 9.15. The van der Waals surface area contributed by atoms with Gasteiger partial charge in [-0.15, -0.1) is 0 Å². The third-order valence-corrected chi connectivity index (χ3v) is 4.64. The summed E-state index contributed by atoms with van der Waals surface area (Å²) in [5.74, 6) is 0. The first-order valence-corrected chi connectivity index (χ1v) is 9.15. The van der Waals surface area contributed by atoms with Crippen molar-refractivity contribution in [3.05, 3.63) is 99.2 Å². The fourth-order valence-electron chi connectivity index (χ4n) is 3.15. The molecular weight excluding hydrogens is 352 g/mol. The summed E-state index contributed by atoms with van der Waals surface area (Å²) in [7, 11) is 0. The van der Waals surface area contributed by atoms with Crippen molar-refractivity contribution in [2.45, 2.75) is 13.1 Å². The lowest BCUT2D eigenvalue weighted by Crippen LogP contribution is -2.33. The minimum atomic E-state index is -0.250. The molecule has 0 saturated heterocycles. The van der Waals surface area contributed by atoms with Crippen LogP contribution in [0.3, 0.4) is 0 Å². The number of fused-ring (bicyclic) bond motifs is 1. The molecule has 2 heterocycles. The van der Waals surface area contributed by atoms with Gasteiger partial charge in [0, 0.05) is 24.8 Å². The van der Waals surface area contributed by atoms with Gasteiger partial charge in [0.05, 0.1) is 23.0 Å². The van der Waals surface area contributed by atoms with Crippen molar-refractivity contribution in [1.82, 2.24) is 20.1 Å². The van der Waals surface area contributed by atoms with Crippen LogP contribution in [0.4, 0.5) is 0 Å². The fourth-order valence-corrected chi connectivity index (χ4v) is 3.15. The Kier molecular flexibility index (Phi) is 5.12. The lowest BCUT2D eigenvalue weighted by molar-refractivity contribution is 0.531. The van der Waals surface area contributed by atoms with Crippen molar-refractivity contribution in [1.29, 1.82) is 0 Å². The van der Waals surface area contributed by atoms with Gasteiger partial charge in [0.2, 0.25) is 0 Å². The molecule has 6 heteroatoms. The Morgan fingerprint density at radius 1 is 0.893 bits per heavy atom. The third-order valence-electron chi connectivity index (χ3n) is 4.64. The number of pyridine rings is 1. The van der Waals surface area contributed by atoms with E-state index in [9.17, 15) is 9.59 Å². The van der Waals surface area contributed by atoms with Crippen LogP contribution in [0, 0.1) is 0 Å². The van der Waals surface area contributed by atoms with E-state index in [4.69, 9.17) is 0 Å². The molecule has 0 unspecified atom stereocenters. The molecule has 2 aromatic heterocycles. The van der Waals surface area contributed by atoms with Crippen LogP contribution in [0.1, 0.15) is 5.56 Å². The molecule has 2 N–H and O–H groups in total. The van der Waals surface area contributed by atoms with Crippen molar-refractivity contribution in [3.63, 3.8) is 0 Å². The second kappa shape index (κ2) is 8.02. The summed E-state index contributed by atoms with van der Waals surface area (Å²) in [5, 5.41) is 6.81. The molecule has 6 nitrogen and oxygen atoms in total. The zero-order valence-corrected chi connectivity index (χ0v) is 15.3. The quantitative estimate of drug-likeness (QED) is 0.510. The molecule has 0 atom stereocenters. The second-order valence-electron chi connectivity index (χ2n) is 6.53. The van der Waals surface area contributed by atoms with Crippen LogP contribution < -0.4 is 16.4 Å². The first-order chi connectivity index (χ1) is 13.7. The average Bonchev–Trinajstić information content (AvgIpc) is 2.75. The van der Waals surface area contributed by atoms with Gasteiger partial charge >= 0.3 is 0 Å². The first kappa shape index (κ1) is 17.9. The number of hydrogen-bond donors (Lipinski definition) is 2. The van der Waals surface area contributed by atoms with Gasteiger partial charge in [0.15, 0.2) is 0 Å². The number of benzene rings is 2. The van der Waals surface area contributed by atoms with Crippen molar-refractivity contribution >= 4 is 10.8 Å². The number of H-pyrrole nitrogens is 1. The Morgan fingerprint density at radius 3 is 2.39 bits per heavy atom. The van der Waals surface area contributed by atoms with Crippen LogP contribution >= 0.6 is 0 Å². The van der Waals surface area contributed by atoms with Crippen LogP contribution in [0.2, 0.25) is 0 Å². The number of nitrogens with zero attached hydrogens (tertiary/aromatic N) is 2. The molecule has 0 aliphatic carbocycles. The molecule has 4 aromatic rings. The van der Waals surface area contributed by atoms with Crippen molar-refractivity contribution in [3.8, 4) is 11.3 Å². The lowest BCUT2D eigenvalue weighted by atomic mass is 10.1. The Hall–Kier alpha value is -3.51. The Labute approximate surface area is 161 Å². The summed E-state index contributed by atoms with van der Waals surface area (Å²) in [4.78, 5) is 28.9. The molecule has 0 amide bonds. The van der Waals surface area contributed by atoms with Gasteiger partial charge < -0.3 is 5.32 Å². The number of rotatable bonds is 6. The minimum Gasteiger partial charge on any atom is -0.311 e. The maximum atomic E-state index is 12.5. The van der Waals surface area contributed by atoms with E-state index in [-0.39, 0.29) is 11.1 Å². The van der Waals surface area contributed by atoms with Crippen molar-refractivity contribution in [2.24, 2.45) is 0 Å². The van der Waals surface area contributed by atoms with E-state index in [2.05, 4.69) is 27.5 Å². The van der Waals surface area contributed by atoms with E-state index >= 15 is 0 Å². The third kappa shape index (κ3) is 3.77. The van der Waals surface area contributed by atoms with Gasteiger partial charge in [-0.25, -0.2) is 4.68 Å². The standard InChI is InChI=1S/C22H20N4O2/c27-21-18-5-1-2-6-19(18)22(28)26(25-21)14-13-23-15-16-8-10-17(11-9-16)20-7-3-4-12-24-20/h1-12,23H,13-15H2,(H,25,27). The van der Waals surface area contributed by atoms with Gasteiger partial charge in [0.25, 0.3) is 11.1 Å². The fraction of sp³-hybridized carbons (Fsp3) is 0.136. The predicted molar refractivity (Wildman–Crippen MR) is 110 cm³/mol. The van der Waals surface area contributed by atoms with Crippen LogP contribution in [0.25, 0.3) is 22.0 Å². The highest BCUT2D eigenvalue weighted by atomic mass is 16.2. The highest BCUT2D eigenvalue weighted by molar-refractivity contribution is 5.80. The van der Waals surface area contributed by atoms with Gasteiger partial charge in [0.1, 0.15) is 0 Å². The van der Waals surface area contributed by atoms with Gasteiger partial charge in [-0.1, -0.05) is 42.5 Å². The Balaban J connectivity index is 1.37. The summed E-state index contributed by atoms with van der Waals surface area (Å²) >= 11 is 0. The zero-order chi connectivity index (χ0) is 19.3. The maximum absolute atomic E-state index is 12.5. The summed E-state index contributed by atoms with van der Waals surface area (Å²) < 4.78 is 1.36. The molecule has 4 rings (SSSR count). The number of aromatic nitrogens is 3. The molecule has 28 heavy (non-hydrogen) atoms. The van der Waals surface area contributed by atoms with E-state index in [1.165, 1.54) is 4.68 Å². The minimum absolute atomic E-state index is 0.184. The molecule has 0 bridgehead atoms. The number of aromatic amines is 1. The maximum Gasteiger partial charge on any atom is 0.273 e. The molecule has 0 saturated carbocycles. The normalized spacial score (nSPS) is 11.0. The Bertz CT molecular complexity index is 1200. The van der Waals surface area contributed by atoms with Crippen molar-refractivity contribution < 1.29 is 0 Å². The van der Waals surface area contributed by atoms with Gasteiger partial charge in [-0.3, -0.25) is 19.7 Å². The van der Waals surface area contributed by atoms with E-state index in [1.807, 2.05) is 30.3 Å². The topological polar surface area (TPSA) is 79.8 Å². The second-order valence-corrected chi connectivity index (χ2v) is 6.53. The summed E-state index contributed by atoms with van der Waals surface area (Å²) in [6.07, 6.45) is 1.78. The summed E-state index contributed by atoms with van der Waals surface area (Å²) in [6.45, 7) is 1.64. The van der Waals surface area contributed by atoms with E-state index in [0.717, 1.165) is 16.8 Å². The predicted octanol–water partition coefficient (Wildman–Crippen LogP) is 2.54. The van der Waals surface area contributed by atoms with Crippen molar-refractivity contribution in [2.75, 3.05) is 6.54 Å². The largest absolute Gasteiger partial charge is 0.311 e. The molecule has 0 spiro atoms. The van der Waals surface area contributed by atoms with E-state index in [1.54, 1.807) is 30.5 Å². The highest BCUT2D eigenvalue weighted by Gasteiger charge is 2.06. The monoisotopic (exact) mass is 372 g/mol. The molecular formula is C22H20N4O2. The Morgan fingerprint density at radius 2 is 1.64 bits per heavy atom. The van der Waals surface area contributed by atoms with Crippen LogP contribution in [-0.2, 0) is 13.1 Å². The molecule has 2 aromatic carbocycles. The highest BCUT2D eigenvalue weighted by Crippen LogP contribution is 2.16. The molecule has 0 aliphatic heterocycles. The lowest BCUT2D eigenvalue weighted by Gasteiger charge is -2.09. The van der Waals surface area contributed by atoms with Crippen LogP contribution in [-0.4, -0.2) is 21.3 Å². The van der Waals surface area contributed by atoms with Gasteiger partial charge in [-0.2, -0.15) is 0 Å². The SMILES string of the molecule is O=c1[nH]n(CCNCc2ccc(-c3ccccn3)cc2)c(=O)c2ccccc12. The molecule has 0 aliphatic rings. The van der Waals surface area contributed by atoms with E-state index in [0.29, 0.717) is 30.4 Å². The van der Waals surface area contributed by atoms with Crippen LogP contribution in [0.5, 0.6) is 0 Å².